The maximum absolute atomic E-state index is 13.9. The summed E-state index contributed by atoms with van der Waals surface area (Å²) < 4.78 is 2.22. The van der Waals surface area contributed by atoms with E-state index in [1.807, 2.05) is 18.7 Å². The minimum atomic E-state index is -1.26. The van der Waals surface area contributed by atoms with Gasteiger partial charge in [-0.15, -0.1) is 0 Å². The summed E-state index contributed by atoms with van der Waals surface area (Å²) in [5.74, 6) is -2.68. The van der Waals surface area contributed by atoms with Crippen molar-refractivity contribution in [1.29, 1.82) is 0 Å². The normalized spacial score (nSPS) is 14.4. The number of carboxylic acids is 1. The number of anilines is 1. The molecule has 1 atom stereocenters. The van der Waals surface area contributed by atoms with E-state index in [2.05, 4.69) is 21.2 Å². The van der Waals surface area contributed by atoms with Gasteiger partial charge in [0.1, 0.15) is 5.69 Å². The van der Waals surface area contributed by atoms with Crippen LogP contribution in [0.5, 0.6) is 0 Å². The molecule has 0 fully saturated rings. The molecule has 0 bridgehead atoms. The zero-order valence-corrected chi connectivity index (χ0v) is 23.4. The smallest absolute Gasteiger partial charge is 0.352 e. The first-order chi connectivity index (χ1) is 18.6. The van der Waals surface area contributed by atoms with Gasteiger partial charge in [-0.2, -0.15) is 0 Å². The van der Waals surface area contributed by atoms with Crippen molar-refractivity contribution < 1.29 is 24.3 Å². The lowest BCUT2D eigenvalue weighted by atomic mass is 9.97. The van der Waals surface area contributed by atoms with E-state index >= 15 is 0 Å². The lowest BCUT2D eigenvalue weighted by Crippen LogP contribution is -2.37. The van der Waals surface area contributed by atoms with Crippen LogP contribution in [-0.2, 0) is 9.59 Å². The highest BCUT2D eigenvalue weighted by Gasteiger charge is 2.35. The number of carbonyl (C=O) groups excluding carboxylic acids is 3. The van der Waals surface area contributed by atoms with E-state index in [0.717, 1.165) is 4.47 Å². The van der Waals surface area contributed by atoms with E-state index in [1.54, 1.807) is 61.5 Å². The standard InChI is InChI=1S/C29H29BrN4O5/c1-4-33(5-2)24(15-23(31)35)34-22(14-20-19-13-18(30)11-12-21(19)32-28(20)37)25(16(3)26(34)29(38)39)27(36)17-9-7-6-8-10-17/h6-14,24H,4-5,15H2,1-3H3,(H2,31,35)(H,32,37)(H,38,39). The largest absolute Gasteiger partial charge is 0.477 e. The summed E-state index contributed by atoms with van der Waals surface area (Å²) >= 11 is 3.44. The van der Waals surface area contributed by atoms with Crippen molar-refractivity contribution in [2.75, 3.05) is 18.4 Å². The Bertz CT molecular complexity index is 1510. The quantitative estimate of drug-likeness (QED) is 0.231. The molecule has 4 rings (SSSR count). The summed E-state index contributed by atoms with van der Waals surface area (Å²) in [6.07, 6.45) is 0.540. The molecule has 0 spiro atoms. The molecule has 39 heavy (non-hydrogen) atoms. The third-order valence-corrected chi connectivity index (χ3v) is 7.41. The maximum Gasteiger partial charge on any atom is 0.352 e. The van der Waals surface area contributed by atoms with E-state index in [9.17, 15) is 24.3 Å². The number of carbonyl (C=O) groups is 4. The summed E-state index contributed by atoms with van der Waals surface area (Å²) in [6, 6.07) is 13.9. The van der Waals surface area contributed by atoms with Crippen LogP contribution in [0.4, 0.5) is 5.69 Å². The Morgan fingerprint density at radius 3 is 2.38 bits per heavy atom. The van der Waals surface area contributed by atoms with Gasteiger partial charge in [0, 0.05) is 21.3 Å². The number of aromatic nitrogens is 1. The number of hydrogen-bond donors (Lipinski definition) is 3. The number of halogens is 1. The molecule has 1 aromatic heterocycles. The molecule has 4 N–H and O–H groups in total. The van der Waals surface area contributed by atoms with Gasteiger partial charge in [0.15, 0.2) is 5.78 Å². The minimum Gasteiger partial charge on any atom is -0.477 e. The fraction of sp³-hybridized carbons (Fsp3) is 0.241. The fourth-order valence-electron chi connectivity index (χ4n) is 5.12. The number of carboxylic acid groups (broad SMARTS) is 1. The molecule has 1 unspecified atom stereocenters. The molecule has 0 aliphatic carbocycles. The summed E-state index contributed by atoms with van der Waals surface area (Å²) in [4.78, 5) is 53.9. The Labute approximate surface area is 234 Å². The molecule has 9 nitrogen and oxygen atoms in total. The van der Waals surface area contributed by atoms with Crippen molar-refractivity contribution in [3.8, 4) is 0 Å². The number of nitrogens with one attached hydrogen (secondary N) is 1. The molecule has 0 radical (unpaired) electrons. The van der Waals surface area contributed by atoms with Crippen molar-refractivity contribution in [1.82, 2.24) is 9.47 Å². The Morgan fingerprint density at radius 1 is 1.13 bits per heavy atom. The van der Waals surface area contributed by atoms with E-state index in [4.69, 9.17) is 5.73 Å². The summed E-state index contributed by atoms with van der Waals surface area (Å²) in [7, 11) is 0. The molecule has 10 heteroatoms. The number of nitrogens with two attached hydrogens (primary N) is 1. The van der Waals surface area contributed by atoms with Gasteiger partial charge in [-0.1, -0.05) is 60.1 Å². The van der Waals surface area contributed by atoms with Crippen molar-refractivity contribution >= 4 is 56.8 Å². The average molecular weight is 593 g/mol. The monoisotopic (exact) mass is 592 g/mol. The van der Waals surface area contributed by atoms with Crippen LogP contribution in [0.3, 0.4) is 0 Å². The number of benzene rings is 2. The van der Waals surface area contributed by atoms with Crippen LogP contribution in [0.15, 0.2) is 53.0 Å². The van der Waals surface area contributed by atoms with Gasteiger partial charge in [0.05, 0.1) is 29.4 Å². The molecule has 2 aromatic carbocycles. The van der Waals surface area contributed by atoms with Gasteiger partial charge in [-0.05, 0) is 49.9 Å². The van der Waals surface area contributed by atoms with Crippen LogP contribution in [0.1, 0.15) is 69.7 Å². The second-order valence-corrected chi connectivity index (χ2v) is 10.1. The molecule has 2 amide bonds. The van der Waals surface area contributed by atoms with Crippen LogP contribution >= 0.6 is 15.9 Å². The fourth-order valence-corrected chi connectivity index (χ4v) is 5.48. The van der Waals surface area contributed by atoms with Gasteiger partial charge < -0.3 is 20.7 Å². The van der Waals surface area contributed by atoms with Crippen molar-refractivity contribution in [3.63, 3.8) is 0 Å². The van der Waals surface area contributed by atoms with Gasteiger partial charge in [-0.3, -0.25) is 19.3 Å². The zero-order valence-electron chi connectivity index (χ0n) is 21.8. The highest BCUT2D eigenvalue weighted by Crippen LogP contribution is 2.38. The van der Waals surface area contributed by atoms with E-state index < -0.39 is 29.7 Å². The Kier molecular flexibility index (Phi) is 8.17. The number of rotatable bonds is 10. The molecular weight excluding hydrogens is 564 g/mol. The lowest BCUT2D eigenvalue weighted by molar-refractivity contribution is -0.120. The summed E-state index contributed by atoms with van der Waals surface area (Å²) in [5.41, 5.74) is 7.91. The number of ketones is 1. The van der Waals surface area contributed by atoms with E-state index in [0.29, 0.717) is 29.9 Å². The number of primary amides is 1. The lowest BCUT2D eigenvalue weighted by Gasteiger charge is -2.32. The highest BCUT2D eigenvalue weighted by atomic mass is 79.9. The first kappa shape index (κ1) is 28.0. The maximum atomic E-state index is 13.9. The first-order valence-electron chi connectivity index (χ1n) is 12.5. The van der Waals surface area contributed by atoms with Crippen LogP contribution in [0, 0.1) is 6.92 Å². The van der Waals surface area contributed by atoms with Crippen molar-refractivity contribution in [3.05, 3.63) is 86.6 Å². The van der Waals surface area contributed by atoms with Crippen molar-refractivity contribution in [2.45, 2.75) is 33.4 Å². The van der Waals surface area contributed by atoms with Crippen LogP contribution in [0.2, 0.25) is 0 Å². The van der Waals surface area contributed by atoms with Crippen LogP contribution in [-0.4, -0.2) is 51.2 Å². The SMILES string of the molecule is CCN(CC)C(CC(N)=O)n1c(C=C2C(=O)Nc3ccc(Br)cc32)c(C(=O)c2ccccc2)c(C)c1C(=O)O. The molecule has 0 saturated heterocycles. The predicted octanol–water partition coefficient (Wildman–Crippen LogP) is 4.70. The second-order valence-electron chi connectivity index (χ2n) is 9.18. The number of amides is 2. The Hall–Kier alpha value is -4.02. The molecule has 3 aromatic rings. The van der Waals surface area contributed by atoms with E-state index in [-0.39, 0.29) is 34.5 Å². The topological polar surface area (TPSA) is 135 Å². The Balaban J connectivity index is 2.12. The molecule has 1 aliphatic rings. The molecule has 1 aliphatic heterocycles. The second kappa shape index (κ2) is 11.4. The molecular formula is C29H29BrN4O5. The zero-order chi connectivity index (χ0) is 28.4. The number of nitrogens with zero attached hydrogens (tertiary/aromatic N) is 2. The van der Waals surface area contributed by atoms with Gasteiger partial charge in [0.2, 0.25) is 5.91 Å². The predicted molar refractivity (Wildman–Crippen MR) is 152 cm³/mol. The van der Waals surface area contributed by atoms with Crippen molar-refractivity contribution in [2.24, 2.45) is 5.73 Å². The number of fused-ring (bicyclic) bond motifs is 1. The summed E-state index contributed by atoms with van der Waals surface area (Å²) in [6.45, 7) is 6.32. The first-order valence-corrected chi connectivity index (χ1v) is 13.3. The number of hydrogen-bond acceptors (Lipinski definition) is 5. The highest BCUT2D eigenvalue weighted by molar-refractivity contribution is 9.10. The number of aromatic carboxylic acids is 1. The molecule has 2 heterocycles. The average Bonchev–Trinajstić information content (AvgIpc) is 3.36. The van der Waals surface area contributed by atoms with E-state index in [1.165, 1.54) is 4.57 Å². The third kappa shape index (κ3) is 5.30. The van der Waals surface area contributed by atoms with Crippen LogP contribution < -0.4 is 11.1 Å². The van der Waals surface area contributed by atoms with Crippen LogP contribution in [0.25, 0.3) is 11.6 Å². The van der Waals surface area contributed by atoms with Gasteiger partial charge in [0.25, 0.3) is 5.91 Å². The van der Waals surface area contributed by atoms with Gasteiger partial charge >= 0.3 is 5.97 Å². The summed E-state index contributed by atoms with van der Waals surface area (Å²) in [5, 5.41) is 13.2. The van der Waals surface area contributed by atoms with Gasteiger partial charge in [-0.25, -0.2) is 4.79 Å². The Morgan fingerprint density at radius 2 is 1.79 bits per heavy atom. The molecule has 202 valence electrons. The molecule has 0 saturated carbocycles. The third-order valence-electron chi connectivity index (χ3n) is 6.91. The minimum absolute atomic E-state index is 0.143.